The first-order chi connectivity index (χ1) is 11.4. The number of nitrogens with zero attached hydrogens (tertiary/aromatic N) is 1. The summed E-state index contributed by atoms with van der Waals surface area (Å²) in [6, 6.07) is 10.6. The van der Waals surface area contributed by atoms with Crippen molar-refractivity contribution in [1.82, 2.24) is 5.32 Å². The number of amides is 1. The molecule has 3 N–H and O–H groups in total. The van der Waals surface area contributed by atoms with Gasteiger partial charge in [-0.15, -0.1) is 0 Å². The van der Waals surface area contributed by atoms with E-state index in [4.69, 9.17) is 12.2 Å². The predicted molar refractivity (Wildman–Crippen MR) is 94.3 cm³/mol. The van der Waals surface area contributed by atoms with E-state index in [-0.39, 0.29) is 22.1 Å². The van der Waals surface area contributed by atoms with E-state index in [1.165, 1.54) is 30.3 Å². The highest BCUT2D eigenvalue weighted by Gasteiger charge is 2.20. The van der Waals surface area contributed by atoms with Crippen LogP contribution in [-0.2, 0) is 6.42 Å². The molecule has 0 aliphatic heterocycles. The van der Waals surface area contributed by atoms with E-state index >= 15 is 0 Å². The molecule has 0 aliphatic carbocycles. The summed E-state index contributed by atoms with van der Waals surface area (Å²) in [4.78, 5) is 22.5. The molecule has 0 aromatic heterocycles. The zero-order chi connectivity index (χ0) is 17.7. The molecule has 124 valence electrons. The summed E-state index contributed by atoms with van der Waals surface area (Å²) in [5.41, 5.74) is 0.914. The lowest BCUT2D eigenvalue weighted by atomic mass is 10.1. The molecule has 0 saturated carbocycles. The quantitative estimate of drug-likeness (QED) is 0.340. The number of phenolic OH excluding ortho intramolecular Hbond substituents is 1. The van der Waals surface area contributed by atoms with Crippen LogP contribution in [0.4, 0.5) is 11.4 Å². The van der Waals surface area contributed by atoms with E-state index < -0.39 is 10.8 Å². The monoisotopic (exact) mass is 345 g/mol. The first-order valence-corrected chi connectivity index (χ1v) is 7.50. The molecule has 0 bridgehead atoms. The van der Waals surface area contributed by atoms with Crippen molar-refractivity contribution in [3.63, 3.8) is 0 Å². The van der Waals surface area contributed by atoms with Gasteiger partial charge in [0.25, 0.3) is 11.6 Å². The lowest BCUT2D eigenvalue weighted by Gasteiger charge is -2.12. The number of nitro groups is 1. The van der Waals surface area contributed by atoms with Crippen molar-refractivity contribution in [1.29, 1.82) is 0 Å². The molecule has 0 unspecified atom stereocenters. The molecule has 0 atom stereocenters. The van der Waals surface area contributed by atoms with Gasteiger partial charge in [-0.1, -0.05) is 25.1 Å². The van der Waals surface area contributed by atoms with Crippen molar-refractivity contribution in [3.05, 3.63) is 63.7 Å². The SMILES string of the molecule is CCc1ccc(O)c(NC(=S)NC(=O)c2ccccc2[N+](=O)[O-])c1. The number of nitrogens with one attached hydrogen (secondary N) is 2. The maximum absolute atomic E-state index is 12.2. The molecule has 0 aliphatic rings. The Morgan fingerprint density at radius 3 is 2.67 bits per heavy atom. The van der Waals surface area contributed by atoms with Gasteiger partial charge in [0.05, 0.1) is 10.6 Å². The number of para-hydroxylation sites is 1. The fraction of sp³-hybridized carbons (Fsp3) is 0.125. The minimum Gasteiger partial charge on any atom is -0.506 e. The molecule has 1 amide bonds. The Hall–Kier alpha value is -3.00. The number of nitro benzene ring substituents is 1. The van der Waals surface area contributed by atoms with E-state index in [9.17, 15) is 20.0 Å². The molecular weight excluding hydrogens is 330 g/mol. The number of rotatable bonds is 4. The largest absolute Gasteiger partial charge is 0.506 e. The van der Waals surface area contributed by atoms with Crippen molar-refractivity contribution in [2.45, 2.75) is 13.3 Å². The van der Waals surface area contributed by atoms with E-state index in [0.717, 1.165) is 12.0 Å². The summed E-state index contributed by atoms with van der Waals surface area (Å²) in [7, 11) is 0. The highest BCUT2D eigenvalue weighted by atomic mass is 32.1. The van der Waals surface area contributed by atoms with Crippen LogP contribution >= 0.6 is 12.2 Å². The van der Waals surface area contributed by atoms with Crippen LogP contribution < -0.4 is 10.6 Å². The fourth-order valence-electron chi connectivity index (χ4n) is 2.05. The average molecular weight is 345 g/mol. The van der Waals surface area contributed by atoms with Crippen LogP contribution in [0.3, 0.4) is 0 Å². The van der Waals surface area contributed by atoms with Gasteiger partial charge < -0.3 is 10.4 Å². The molecule has 0 fully saturated rings. The number of benzene rings is 2. The second-order valence-corrected chi connectivity index (χ2v) is 5.30. The summed E-state index contributed by atoms with van der Waals surface area (Å²) in [6.07, 6.45) is 0.768. The van der Waals surface area contributed by atoms with Crippen molar-refractivity contribution in [2.75, 3.05) is 5.32 Å². The maximum Gasteiger partial charge on any atom is 0.282 e. The lowest BCUT2D eigenvalue weighted by molar-refractivity contribution is -0.385. The molecular formula is C16H15N3O4S. The number of aromatic hydroxyl groups is 1. The molecule has 0 heterocycles. The van der Waals surface area contributed by atoms with Crippen LogP contribution in [0.1, 0.15) is 22.8 Å². The standard InChI is InChI=1S/C16H15N3O4S/c1-2-10-7-8-14(20)12(9-10)17-16(24)18-15(21)11-5-3-4-6-13(11)19(22)23/h3-9,20H,2H2,1H3,(H2,17,18,21,24). The molecule has 24 heavy (non-hydrogen) atoms. The molecule has 0 spiro atoms. The highest BCUT2D eigenvalue weighted by Crippen LogP contribution is 2.24. The number of carbonyl (C=O) groups is 1. The Kier molecular flexibility index (Phi) is 5.43. The Labute approximate surface area is 143 Å². The smallest absolute Gasteiger partial charge is 0.282 e. The minimum atomic E-state index is -0.703. The first-order valence-electron chi connectivity index (χ1n) is 7.10. The fourth-order valence-corrected chi connectivity index (χ4v) is 2.25. The summed E-state index contributed by atoms with van der Waals surface area (Å²) in [6.45, 7) is 1.96. The van der Waals surface area contributed by atoms with Crippen LogP contribution in [0.25, 0.3) is 0 Å². The molecule has 8 heteroatoms. The Bertz CT molecular complexity index is 808. The van der Waals surface area contributed by atoms with Crippen LogP contribution in [-0.4, -0.2) is 21.0 Å². The van der Waals surface area contributed by atoms with Crippen molar-refractivity contribution >= 4 is 34.6 Å². The van der Waals surface area contributed by atoms with Gasteiger partial charge in [0.2, 0.25) is 0 Å². The zero-order valence-electron chi connectivity index (χ0n) is 12.8. The Balaban J connectivity index is 2.13. The van der Waals surface area contributed by atoms with Gasteiger partial charge in [0.15, 0.2) is 5.11 Å². The molecule has 2 aromatic rings. The topological polar surface area (TPSA) is 104 Å². The number of aryl methyl sites for hydroxylation is 1. The number of hydrogen-bond donors (Lipinski definition) is 3. The van der Waals surface area contributed by atoms with Gasteiger partial charge in [0, 0.05) is 6.07 Å². The second kappa shape index (κ2) is 7.51. The van der Waals surface area contributed by atoms with Gasteiger partial charge >= 0.3 is 0 Å². The van der Waals surface area contributed by atoms with Crippen LogP contribution in [0, 0.1) is 10.1 Å². The van der Waals surface area contributed by atoms with E-state index in [1.807, 2.05) is 6.92 Å². The number of thiocarbonyl (C=S) groups is 1. The summed E-state index contributed by atoms with van der Waals surface area (Å²) < 4.78 is 0. The van der Waals surface area contributed by atoms with Gasteiger partial charge in [-0.3, -0.25) is 20.2 Å². The molecule has 7 nitrogen and oxygen atoms in total. The van der Waals surface area contributed by atoms with Crippen LogP contribution in [0.5, 0.6) is 5.75 Å². The second-order valence-electron chi connectivity index (χ2n) is 4.89. The van der Waals surface area contributed by atoms with Gasteiger partial charge in [-0.2, -0.15) is 0 Å². The lowest BCUT2D eigenvalue weighted by Crippen LogP contribution is -2.34. The molecule has 0 saturated heterocycles. The van der Waals surface area contributed by atoms with Gasteiger partial charge in [0.1, 0.15) is 11.3 Å². The van der Waals surface area contributed by atoms with E-state index in [2.05, 4.69) is 10.6 Å². The minimum absolute atomic E-state index is 0.0190. The predicted octanol–water partition coefficient (Wildman–Crippen LogP) is 2.99. The number of hydrogen-bond acceptors (Lipinski definition) is 5. The van der Waals surface area contributed by atoms with Crippen molar-refractivity contribution < 1.29 is 14.8 Å². The van der Waals surface area contributed by atoms with Crippen molar-refractivity contribution in [3.8, 4) is 5.75 Å². The third kappa shape index (κ3) is 4.05. The zero-order valence-corrected chi connectivity index (χ0v) is 13.6. The summed E-state index contributed by atoms with van der Waals surface area (Å²) in [5.74, 6) is -0.722. The summed E-state index contributed by atoms with van der Waals surface area (Å²) in [5, 5.41) is 25.8. The van der Waals surface area contributed by atoms with Crippen molar-refractivity contribution in [2.24, 2.45) is 0 Å². The van der Waals surface area contributed by atoms with E-state index in [0.29, 0.717) is 5.69 Å². The summed E-state index contributed by atoms with van der Waals surface area (Å²) >= 11 is 5.04. The molecule has 0 radical (unpaired) electrons. The Morgan fingerprint density at radius 1 is 1.29 bits per heavy atom. The maximum atomic E-state index is 12.2. The molecule has 2 aromatic carbocycles. The average Bonchev–Trinajstić information content (AvgIpc) is 2.56. The van der Waals surface area contributed by atoms with Gasteiger partial charge in [-0.05, 0) is 42.4 Å². The number of anilines is 1. The third-order valence-electron chi connectivity index (χ3n) is 3.29. The number of carbonyl (C=O) groups excluding carboxylic acids is 1. The normalized spacial score (nSPS) is 10.0. The van der Waals surface area contributed by atoms with Crippen LogP contribution in [0.15, 0.2) is 42.5 Å². The number of phenols is 1. The van der Waals surface area contributed by atoms with Gasteiger partial charge in [-0.25, -0.2) is 0 Å². The third-order valence-corrected chi connectivity index (χ3v) is 3.49. The van der Waals surface area contributed by atoms with Crippen LogP contribution in [0.2, 0.25) is 0 Å². The van der Waals surface area contributed by atoms with E-state index in [1.54, 1.807) is 12.1 Å². The Morgan fingerprint density at radius 2 is 2.00 bits per heavy atom. The first kappa shape index (κ1) is 17.4. The highest BCUT2D eigenvalue weighted by molar-refractivity contribution is 7.80. The molecule has 2 rings (SSSR count).